The van der Waals surface area contributed by atoms with E-state index in [-0.39, 0.29) is 49.0 Å². The highest BCUT2D eigenvalue weighted by molar-refractivity contribution is 8.00. The number of aliphatic hydroxyl groups excluding tert-OH is 8. The van der Waals surface area contributed by atoms with E-state index in [0.717, 1.165) is 18.6 Å². The summed E-state index contributed by atoms with van der Waals surface area (Å²) >= 11 is 1.80. The summed E-state index contributed by atoms with van der Waals surface area (Å²) in [6, 6.07) is 0.0883. The van der Waals surface area contributed by atoms with E-state index in [1.54, 1.807) is 11.8 Å². The summed E-state index contributed by atoms with van der Waals surface area (Å²) in [5.41, 5.74) is 0.197. The van der Waals surface area contributed by atoms with Crippen LogP contribution >= 0.6 is 11.8 Å². The van der Waals surface area contributed by atoms with Crippen LogP contribution < -0.4 is 16.0 Å². The molecule has 3 amide bonds. The summed E-state index contributed by atoms with van der Waals surface area (Å²) in [5, 5.41) is 96.8. The molecule has 18 unspecified atom stereocenters. The third-order valence-electron chi connectivity index (χ3n) is 11.0. The first kappa shape index (κ1) is 46.7. The monoisotopic (exact) mass is 854 g/mol. The van der Waals surface area contributed by atoms with E-state index < -0.39 is 118 Å². The lowest BCUT2D eigenvalue weighted by atomic mass is 9.87. The summed E-state index contributed by atoms with van der Waals surface area (Å²) < 4.78 is 34.6. The lowest BCUT2D eigenvalue weighted by Gasteiger charge is -2.49. The molecule has 332 valence electrons. The molecule has 23 heteroatoms. The Kier molecular flexibility index (Phi) is 17.3. The quantitative estimate of drug-likeness (QED) is 0.0253. The summed E-state index contributed by atoms with van der Waals surface area (Å²) in [6.45, 7) is 0.742. The highest BCUT2D eigenvalue weighted by Gasteiger charge is 2.54. The third kappa shape index (κ3) is 11.3. The summed E-state index contributed by atoms with van der Waals surface area (Å²) in [6.07, 6.45) is -18.5. The van der Waals surface area contributed by atoms with Crippen molar-refractivity contribution in [3.63, 3.8) is 0 Å². The number of fused-ring (bicyclic) bond motifs is 1. The maximum Gasteiger partial charge on any atom is 0.315 e. The number of nitrogens with zero attached hydrogens (tertiary/aromatic N) is 1. The van der Waals surface area contributed by atoms with Crippen LogP contribution in [0.15, 0.2) is 5.16 Å². The lowest BCUT2D eigenvalue weighted by Crippen LogP contribution is -2.66. The SMILES string of the molecule is COC1OC(CO)C(O)C(OC2OC(CO)C(O)C(O)C2C/C(C)=N\OCC(=O)NCC(=O)CCCCC2SCC3NC(=O)NC32)C1OC1OC(C)C(O)C(O)C1O. The number of nitrogens with one attached hydrogen (secondary N) is 3. The number of aliphatic hydroxyl groups is 8. The van der Waals surface area contributed by atoms with Gasteiger partial charge in [-0.1, -0.05) is 11.6 Å². The molecule has 22 nitrogen and oxygen atoms in total. The van der Waals surface area contributed by atoms with Crippen LogP contribution in [0.4, 0.5) is 4.79 Å². The average Bonchev–Trinajstić information content (AvgIpc) is 3.76. The normalized spacial score (nSPS) is 41.7. The van der Waals surface area contributed by atoms with Gasteiger partial charge in [0.1, 0.15) is 54.9 Å². The number of unbranched alkanes of at least 4 members (excludes halogenated alkanes) is 1. The highest BCUT2D eigenvalue weighted by atomic mass is 32.2. The molecule has 0 aromatic carbocycles. The predicted octanol–water partition coefficient (Wildman–Crippen LogP) is -4.44. The Hall–Kier alpha value is -2.33. The van der Waals surface area contributed by atoms with Gasteiger partial charge in [-0.2, -0.15) is 11.8 Å². The molecule has 11 N–H and O–H groups in total. The van der Waals surface area contributed by atoms with Gasteiger partial charge in [0.25, 0.3) is 5.91 Å². The molecule has 5 saturated heterocycles. The average molecular weight is 855 g/mol. The van der Waals surface area contributed by atoms with E-state index in [1.165, 1.54) is 21.0 Å². The van der Waals surface area contributed by atoms with Gasteiger partial charge in [-0.3, -0.25) is 9.59 Å². The Bertz CT molecular complexity index is 1400. The van der Waals surface area contributed by atoms with Crippen molar-refractivity contribution in [1.82, 2.24) is 16.0 Å². The van der Waals surface area contributed by atoms with Crippen molar-refractivity contribution < 1.29 is 88.5 Å². The Morgan fingerprint density at radius 2 is 1.55 bits per heavy atom. The van der Waals surface area contributed by atoms with Crippen molar-refractivity contribution in [3.8, 4) is 0 Å². The number of methoxy groups -OCH3 is 1. The maximum absolute atomic E-state index is 12.4. The molecule has 0 aliphatic carbocycles. The number of ether oxygens (including phenoxy) is 6. The Morgan fingerprint density at radius 1 is 0.862 bits per heavy atom. The minimum absolute atomic E-state index is 0.0981. The molecule has 0 aromatic rings. The molecule has 0 radical (unpaired) electrons. The molecule has 0 bridgehead atoms. The number of thioether (sulfide) groups is 1. The first-order chi connectivity index (χ1) is 27.7. The van der Waals surface area contributed by atoms with E-state index in [1.807, 2.05) is 0 Å². The van der Waals surface area contributed by atoms with Crippen molar-refractivity contribution >= 4 is 35.2 Å². The second-order valence-electron chi connectivity index (χ2n) is 15.2. The molecule has 5 fully saturated rings. The van der Waals surface area contributed by atoms with Crippen LogP contribution in [-0.2, 0) is 42.8 Å². The van der Waals surface area contributed by atoms with Crippen molar-refractivity contribution in [1.29, 1.82) is 0 Å². The van der Waals surface area contributed by atoms with Gasteiger partial charge in [0.05, 0.1) is 49.8 Å². The van der Waals surface area contributed by atoms with Crippen molar-refractivity contribution in [3.05, 3.63) is 0 Å². The summed E-state index contributed by atoms with van der Waals surface area (Å²) in [5.74, 6) is -1.07. The molecule has 0 saturated carbocycles. The minimum atomic E-state index is -1.77. The van der Waals surface area contributed by atoms with Crippen LogP contribution in [0.5, 0.6) is 0 Å². The van der Waals surface area contributed by atoms with Crippen molar-refractivity contribution in [2.24, 2.45) is 11.1 Å². The van der Waals surface area contributed by atoms with E-state index in [0.29, 0.717) is 11.7 Å². The largest absolute Gasteiger partial charge is 0.394 e. The number of hydrogen-bond acceptors (Lipinski definition) is 20. The third-order valence-corrected chi connectivity index (χ3v) is 12.5. The number of oxime groups is 1. The molecular formula is C35H58N4O18S. The van der Waals surface area contributed by atoms with Gasteiger partial charge in [-0.15, -0.1) is 0 Å². The van der Waals surface area contributed by atoms with Gasteiger partial charge in [0.2, 0.25) is 0 Å². The van der Waals surface area contributed by atoms with Gasteiger partial charge >= 0.3 is 6.03 Å². The number of hydrogen-bond donors (Lipinski definition) is 11. The van der Waals surface area contributed by atoms with Crippen LogP contribution in [0.2, 0.25) is 0 Å². The number of ketones is 1. The van der Waals surface area contributed by atoms with Gasteiger partial charge in [0.15, 0.2) is 31.3 Å². The number of urea groups is 1. The molecule has 5 aliphatic heterocycles. The maximum atomic E-state index is 12.4. The first-order valence-corrected chi connectivity index (χ1v) is 20.4. The fourth-order valence-corrected chi connectivity index (χ4v) is 9.23. The van der Waals surface area contributed by atoms with E-state index >= 15 is 0 Å². The topological polar surface area (TPSA) is 326 Å². The molecule has 5 heterocycles. The van der Waals surface area contributed by atoms with Gasteiger partial charge < -0.3 is 90.1 Å². The van der Waals surface area contributed by atoms with E-state index in [4.69, 9.17) is 33.3 Å². The zero-order valence-corrected chi connectivity index (χ0v) is 33.3. The molecule has 0 aromatic heterocycles. The van der Waals surface area contributed by atoms with Crippen molar-refractivity contribution in [2.45, 2.75) is 149 Å². The van der Waals surface area contributed by atoms with Gasteiger partial charge in [-0.25, -0.2) is 4.79 Å². The highest BCUT2D eigenvalue weighted by Crippen LogP contribution is 2.37. The number of Topliss-reactive ketones (excluding diaryl/α,β-unsaturated/α-hetero) is 1. The molecule has 0 spiro atoms. The predicted molar refractivity (Wildman–Crippen MR) is 198 cm³/mol. The molecule has 5 rings (SSSR count). The zero-order chi connectivity index (χ0) is 42.3. The van der Waals surface area contributed by atoms with Crippen LogP contribution in [0.1, 0.15) is 46.0 Å². The lowest BCUT2D eigenvalue weighted by molar-refractivity contribution is -0.385. The van der Waals surface area contributed by atoms with Crippen LogP contribution in [0.25, 0.3) is 0 Å². The number of rotatable bonds is 19. The fraction of sp³-hybridized carbons (Fsp3) is 0.886. The van der Waals surface area contributed by atoms with Crippen LogP contribution in [-0.4, -0.2) is 207 Å². The fourth-order valence-electron chi connectivity index (χ4n) is 7.68. The first-order valence-electron chi connectivity index (χ1n) is 19.4. The standard InChI is InChI=1S/C35H58N4O18S/c1-14(39-52-12-22(43)36-9-16(42)6-4-5-7-21-23-18(13-58-21)37-35(50)38-23)8-17-25(45)26(46)19(10-40)54-32(17)56-30-27(47)20(11-41)55-34(51-3)31(30)57-33-29(49)28(48)24(44)15(2)53-33/h15,17-21,23-34,40-41,44-49H,4-13H2,1-3H3,(H,36,43)(H2,37,38,50)/b39-14-. The summed E-state index contributed by atoms with van der Waals surface area (Å²) in [7, 11) is 1.23. The molecule has 18 atom stereocenters. The van der Waals surface area contributed by atoms with Gasteiger partial charge in [-0.05, 0) is 33.1 Å². The van der Waals surface area contributed by atoms with E-state index in [9.17, 15) is 55.2 Å². The second-order valence-corrected chi connectivity index (χ2v) is 16.5. The Balaban J connectivity index is 1.15. The van der Waals surface area contributed by atoms with Crippen LogP contribution in [0.3, 0.4) is 0 Å². The smallest absolute Gasteiger partial charge is 0.315 e. The minimum Gasteiger partial charge on any atom is -0.394 e. The second kappa shape index (κ2) is 21.5. The number of amides is 3. The van der Waals surface area contributed by atoms with Crippen LogP contribution in [0, 0.1) is 5.92 Å². The molecular weight excluding hydrogens is 796 g/mol. The molecule has 58 heavy (non-hydrogen) atoms. The summed E-state index contributed by atoms with van der Waals surface area (Å²) in [4.78, 5) is 41.6. The van der Waals surface area contributed by atoms with Gasteiger partial charge in [0, 0.05) is 30.5 Å². The molecule has 5 aliphatic rings. The zero-order valence-electron chi connectivity index (χ0n) is 32.5. The number of carbonyl (C=O) groups is 3. The Morgan fingerprint density at radius 3 is 2.26 bits per heavy atom. The Labute approximate surface area is 338 Å². The van der Waals surface area contributed by atoms with E-state index in [2.05, 4.69) is 21.1 Å². The number of carbonyl (C=O) groups excluding carboxylic acids is 3. The van der Waals surface area contributed by atoms with Crippen molar-refractivity contribution in [2.75, 3.05) is 39.2 Å².